The zero-order valence-electron chi connectivity index (χ0n) is 13.5. The molecule has 0 bridgehead atoms. The number of aliphatic hydroxyl groups is 1. The van der Waals surface area contributed by atoms with E-state index >= 15 is 0 Å². The highest BCUT2D eigenvalue weighted by Crippen LogP contribution is 2.08. The molecule has 0 fully saturated rings. The standard InChI is InChI=1S/C18H32O3/c1-2-14-17(19)15-12-10-8-6-4-3-5-7-9-11-13-16-18(20)21/h4,6,10,12,17,19H,2-3,5,7-9,11,13-16H2,1H3,(H,20,21)/b6-4-,12-10-/t17-/m1/s1. The van der Waals surface area contributed by atoms with E-state index in [1.165, 1.54) is 12.8 Å². The molecule has 122 valence electrons. The smallest absolute Gasteiger partial charge is 0.303 e. The molecular weight excluding hydrogens is 264 g/mol. The lowest BCUT2D eigenvalue weighted by atomic mass is 10.1. The number of aliphatic carboxylic acids is 1. The van der Waals surface area contributed by atoms with Crippen LogP contribution in [0, 0.1) is 0 Å². The highest BCUT2D eigenvalue weighted by Gasteiger charge is 1.97. The predicted octanol–water partition coefficient (Wildman–Crippen LogP) is 4.86. The van der Waals surface area contributed by atoms with Gasteiger partial charge in [0.2, 0.25) is 0 Å². The topological polar surface area (TPSA) is 57.5 Å². The van der Waals surface area contributed by atoms with Crippen molar-refractivity contribution in [2.75, 3.05) is 0 Å². The molecule has 0 aliphatic carbocycles. The maximum absolute atomic E-state index is 10.3. The summed E-state index contributed by atoms with van der Waals surface area (Å²) in [6.45, 7) is 2.09. The average Bonchev–Trinajstić information content (AvgIpc) is 2.44. The van der Waals surface area contributed by atoms with Crippen LogP contribution >= 0.6 is 0 Å². The Labute approximate surface area is 129 Å². The summed E-state index contributed by atoms with van der Waals surface area (Å²) < 4.78 is 0. The highest BCUT2D eigenvalue weighted by molar-refractivity contribution is 5.66. The van der Waals surface area contributed by atoms with E-state index in [1.807, 2.05) is 0 Å². The fourth-order valence-electron chi connectivity index (χ4n) is 2.16. The van der Waals surface area contributed by atoms with Gasteiger partial charge in [-0.15, -0.1) is 0 Å². The first-order chi connectivity index (χ1) is 10.2. The number of hydrogen-bond acceptors (Lipinski definition) is 2. The zero-order chi connectivity index (χ0) is 15.8. The fraction of sp³-hybridized carbons (Fsp3) is 0.722. The van der Waals surface area contributed by atoms with Crippen LogP contribution in [-0.2, 0) is 4.79 Å². The maximum Gasteiger partial charge on any atom is 0.303 e. The molecule has 2 N–H and O–H groups in total. The fourth-order valence-corrected chi connectivity index (χ4v) is 2.16. The molecule has 0 aliphatic heterocycles. The number of unbranched alkanes of at least 4 members (excludes halogenated alkanes) is 5. The first-order valence-corrected chi connectivity index (χ1v) is 8.36. The third-order valence-corrected chi connectivity index (χ3v) is 3.40. The number of allylic oxidation sites excluding steroid dienone is 3. The van der Waals surface area contributed by atoms with Crippen LogP contribution in [0.3, 0.4) is 0 Å². The van der Waals surface area contributed by atoms with Gasteiger partial charge >= 0.3 is 5.97 Å². The maximum atomic E-state index is 10.3. The molecule has 0 rings (SSSR count). The quantitative estimate of drug-likeness (QED) is 0.355. The first kappa shape index (κ1) is 19.9. The predicted molar refractivity (Wildman–Crippen MR) is 88.4 cm³/mol. The van der Waals surface area contributed by atoms with Crippen LogP contribution in [0.2, 0.25) is 0 Å². The molecule has 0 aromatic carbocycles. The van der Waals surface area contributed by atoms with E-state index in [2.05, 4.69) is 31.2 Å². The van der Waals surface area contributed by atoms with Crippen molar-refractivity contribution in [2.45, 2.75) is 83.7 Å². The Morgan fingerprint density at radius 1 is 1.00 bits per heavy atom. The van der Waals surface area contributed by atoms with Gasteiger partial charge in [0.15, 0.2) is 0 Å². The van der Waals surface area contributed by atoms with E-state index in [1.54, 1.807) is 0 Å². The van der Waals surface area contributed by atoms with Crippen molar-refractivity contribution in [3.63, 3.8) is 0 Å². The zero-order valence-corrected chi connectivity index (χ0v) is 13.5. The molecule has 0 aromatic heterocycles. The van der Waals surface area contributed by atoms with Crippen molar-refractivity contribution in [2.24, 2.45) is 0 Å². The summed E-state index contributed by atoms with van der Waals surface area (Å²) in [6.07, 6.45) is 18.7. The number of carboxylic acids is 1. The summed E-state index contributed by atoms with van der Waals surface area (Å²) in [5.74, 6) is -0.687. The molecule has 3 nitrogen and oxygen atoms in total. The van der Waals surface area contributed by atoms with Gasteiger partial charge in [-0.05, 0) is 38.5 Å². The van der Waals surface area contributed by atoms with Gasteiger partial charge in [-0.3, -0.25) is 4.79 Å². The molecule has 0 amide bonds. The van der Waals surface area contributed by atoms with E-state index in [4.69, 9.17) is 5.11 Å². The van der Waals surface area contributed by atoms with Gasteiger partial charge in [-0.25, -0.2) is 0 Å². The van der Waals surface area contributed by atoms with Crippen molar-refractivity contribution in [1.29, 1.82) is 0 Å². The lowest BCUT2D eigenvalue weighted by molar-refractivity contribution is -0.137. The van der Waals surface area contributed by atoms with Crippen LogP contribution in [0.1, 0.15) is 77.6 Å². The number of carbonyl (C=O) groups is 1. The largest absolute Gasteiger partial charge is 0.481 e. The lowest BCUT2D eigenvalue weighted by Crippen LogP contribution is -2.02. The molecule has 0 saturated heterocycles. The number of carboxylic acid groups (broad SMARTS) is 1. The van der Waals surface area contributed by atoms with Crippen LogP contribution < -0.4 is 0 Å². The van der Waals surface area contributed by atoms with Crippen molar-refractivity contribution >= 4 is 5.97 Å². The molecule has 0 aromatic rings. The van der Waals surface area contributed by atoms with Gasteiger partial charge in [-0.2, -0.15) is 0 Å². The van der Waals surface area contributed by atoms with E-state index in [9.17, 15) is 9.90 Å². The summed E-state index contributed by atoms with van der Waals surface area (Å²) in [7, 11) is 0. The molecule has 0 aliphatic rings. The second-order valence-electron chi connectivity index (χ2n) is 5.56. The Balaban J connectivity index is 3.29. The Hall–Kier alpha value is -1.09. The second kappa shape index (κ2) is 15.3. The minimum atomic E-state index is -0.687. The molecule has 1 atom stereocenters. The summed E-state index contributed by atoms with van der Waals surface area (Å²) in [5, 5.41) is 18.0. The van der Waals surface area contributed by atoms with Crippen LogP contribution in [-0.4, -0.2) is 22.3 Å². The molecule has 0 spiro atoms. The SMILES string of the molecule is CCC[C@@H](O)C/C=C\C/C=C\CCCCCCCC(=O)O. The van der Waals surface area contributed by atoms with Crippen molar-refractivity contribution in [1.82, 2.24) is 0 Å². The third kappa shape index (κ3) is 16.9. The minimum absolute atomic E-state index is 0.184. The van der Waals surface area contributed by atoms with E-state index < -0.39 is 5.97 Å². The van der Waals surface area contributed by atoms with Crippen molar-refractivity contribution in [3.8, 4) is 0 Å². The summed E-state index contributed by atoms with van der Waals surface area (Å²) >= 11 is 0. The van der Waals surface area contributed by atoms with Crippen LogP contribution in [0.4, 0.5) is 0 Å². The Bertz CT molecular complexity index is 295. The monoisotopic (exact) mass is 296 g/mol. The summed E-state index contributed by atoms with van der Waals surface area (Å²) in [4.78, 5) is 10.3. The normalized spacial score (nSPS) is 13.2. The van der Waals surface area contributed by atoms with Gasteiger partial charge in [0, 0.05) is 6.42 Å². The van der Waals surface area contributed by atoms with Gasteiger partial charge in [0.05, 0.1) is 6.10 Å². The molecule has 3 heteroatoms. The third-order valence-electron chi connectivity index (χ3n) is 3.40. The van der Waals surface area contributed by atoms with E-state index in [-0.39, 0.29) is 6.10 Å². The van der Waals surface area contributed by atoms with E-state index in [0.717, 1.165) is 51.4 Å². The van der Waals surface area contributed by atoms with Crippen molar-refractivity contribution in [3.05, 3.63) is 24.3 Å². The van der Waals surface area contributed by atoms with Gasteiger partial charge in [-0.1, -0.05) is 56.9 Å². The van der Waals surface area contributed by atoms with Gasteiger partial charge in [0.25, 0.3) is 0 Å². The highest BCUT2D eigenvalue weighted by atomic mass is 16.4. The van der Waals surface area contributed by atoms with E-state index in [0.29, 0.717) is 6.42 Å². The van der Waals surface area contributed by atoms with Crippen molar-refractivity contribution < 1.29 is 15.0 Å². The second-order valence-corrected chi connectivity index (χ2v) is 5.56. The van der Waals surface area contributed by atoms with Crippen LogP contribution in [0.15, 0.2) is 24.3 Å². The van der Waals surface area contributed by atoms with Crippen LogP contribution in [0.5, 0.6) is 0 Å². The minimum Gasteiger partial charge on any atom is -0.481 e. The average molecular weight is 296 g/mol. The van der Waals surface area contributed by atoms with Gasteiger partial charge < -0.3 is 10.2 Å². The molecular formula is C18H32O3. The van der Waals surface area contributed by atoms with Crippen LogP contribution in [0.25, 0.3) is 0 Å². The first-order valence-electron chi connectivity index (χ1n) is 8.36. The Morgan fingerprint density at radius 3 is 2.38 bits per heavy atom. The molecule has 21 heavy (non-hydrogen) atoms. The number of aliphatic hydroxyl groups excluding tert-OH is 1. The Kier molecular flexibility index (Phi) is 14.5. The summed E-state index contributed by atoms with van der Waals surface area (Å²) in [6, 6.07) is 0. The molecule has 0 unspecified atom stereocenters. The summed E-state index contributed by atoms with van der Waals surface area (Å²) in [5.41, 5.74) is 0. The number of rotatable bonds is 14. The Morgan fingerprint density at radius 2 is 1.67 bits per heavy atom. The molecule has 0 heterocycles. The molecule has 0 radical (unpaired) electrons. The molecule has 0 saturated carbocycles. The number of hydrogen-bond donors (Lipinski definition) is 2. The lowest BCUT2D eigenvalue weighted by Gasteiger charge is -2.03. The van der Waals surface area contributed by atoms with Gasteiger partial charge in [0.1, 0.15) is 0 Å².